The predicted octanol–water partition coefficient (Wildman–Crippen LogP) is 2.73. The minimum Gasteiger partial charge on any atom is -0.379 e. The fraction of sp³-hybridized carbons (Fsp3) is 0.571. The zero-order valence-electron chi connectivity index (χ0n) is 10.7. The first kappa shape index (κ1) is 12.9. The van der Waals surface area contributed by atoms with Crippen LogP contribution in [0.25, 0.3) is 0 Å². The summed E-state index contributed by atoms with van der Waals surface area (Å²) in [5.74, 6) is 1.17. The van der Waals surface area contributed by atoms with Crippen molar-refractivity contribution >= 4 is 11.8 Å². The summed E-state index contributed by atoms with van der Waals surface area (Å²) in [6.07, 6.45) is 0. The fourth-order valence-electron chi connectivity index (χ4n) is 1.99. The van der Waals surface area contributed by atoms with Crippen LogP contribution in [0, 0.1) is 13.8 Å². The fourth-order valence-corrected chi connectivity index (χ4v) is 3.11. The van der Waals surface area contributed by atoms with Crippen molar-refractivity contribution in [2.75, 3.05) is 38.6 Å². The normalized spacial score (nSPS) is 17.3. The average molecular weight is 251 g/mol. The smallest absolute Gasteiger partial charge is 0.0594 e. The monoisotopic (exact) mass is 251 g/mol. The van der Waals surface area contributed by atoms with E-state index in [1.54, 1.807) is 0 Å². The number of aryl methyl sites for hydroxylation is 1. The summed E-state index contributed by atoms with van der Waals surface area (Å²) in [6, 6.07) is 6.56. The number of hydrogen-bond acceptors (Lipinski definition) is 3. The Labute approximate surface area is 108 Å². The average Bonchev–Trinajstić information content (AvgIpc) is 2.36. The molecule has 1 saturated heterocycles. The SMILES string of the molecule is Cc1cccc(SCCN2CCOCC2)c1C. The lowest BCUT2D eigenvalue weighted by atomic mass is 10.1. The Morgan fingerprint density at radius 2 is 2.00 bits per heavy atom. The molecule has 0 aromatic heterocycles. The molecule has 3 heteroatoms. The van der Waals surface area contributed by atoms with Crippen LogP contribution >= 0.6 is 11.8 Å². The molecular formula is C14H21NOS. The lowest BCUT2D eigenvalue weighted by Crippen LogP contribution is -2.37. The van der Waals surface area contributed by atoms with Crippen molar-refractivity contribution in [2.24, 2.45) is 0 Å². The van der Waals surface area contributed by atoms with Crippen LogP contribution in [0.3, 0.4) is 0 Å². The van der Waals surface area contributed by atoms with Gasteiger partial charge in [-0.15, -0.1) is 11.8 Å². The van der Waals surface area contributed by atoms with Crippen LogP contribution in [0.5, 0.6) is 0 Å². The summed E-state index contributed by atoms with van der Waals surface area (Å²) >= 11 is 1.97. The number of nitrogens with zero attached hydrogens (tertiary/aromatic N) is 1. The molecule has 0 spiro atoms. The summed E-state index contributed by atoms with van der Waals surface area (Å²) in [5.41, 5.74) is 2.82. The van der Waals surface area contributed by atoms with Crippen LogP contribution < -0.4 is 0 Å². The van der Waals surface area contributed by atoms with Gasteiger partial charge in [-0.3, -0.25) is 4.90 Å². The molecule has 0 saturated carbocycles. The Balaban J connectivity index is 1.79. The standard InChI is InChI=1S/C14H21NOS/c1-12-4-3-5-14(13(12)2)17-11-8-15-6-9-16-10-7-15/h3-5H,6-11H2,1-2H3. The molecule has 2 rings (SSSR count). The van der Waals surface area contributed by atoms with Gasteiger partial charge in [0.2, 0.25) is 0 Å². The van der Waals surface area contributed by atoms with Crippen molar-refractivity contribution in [1.82, 2.24) is 4.90 Å². The molecular weight excluding hydrogens is 230 g/mol. The summed E-state index contributed by atoms with van der Waals surface area (Å²) < 4.78 is 5.35. The Morgan fingerprint density at radius 3 is 2.76 bits per heavy atom. The quantitative estimate of drug-likeness (QED) is 0.764. The highest BCUT2D eigenvalue weighted by Gasteiger charge is 2.10. The highest BCUT2D eigenvalue weighted by atomic mass is 32.2. The number of rotatable bonds is 4. The van der Waals surface area contributed by atoms with E-state index in [1.165, 1.54) is 28.3 Å². The molecule has 0 atom stereocenters. The molecule has 1 aromatic carbocycles. The Bertz CT molecular complexity index is 361. The van der Waals surface area contributed by atoms with Crippen LogP contribution in [-0.2, 0) is 4.74 Å². The van der Waals surface area contributed by atoms with Gasteiger partial charge in [-0.25, -0.2) is 0 Å². The van der Waals surface area contributed by atoms with E-state index in [0.717, 1.165) is 26.3 Å². The predicted molar refractivity (Wildman–Crippen MR) is 73.9 cm³/mol. The number of benzene rings is 1. The molecule has 0 N–H and O–H groups in total. The first-order valence-corrected chi connectivity index (χ1v) is 7.25. The lowest BCUT2D eigenvalue weighted by Gasteiger charge is -2.26. The van der Waals surface area contributed by atoms with Gasteiger partial charge in [0.1, 0.15) is 0 Å². The van der Waals surface area contributed by atoms with E-state index < -0.39 is 0 Å². The second-order valence-corrected chi connectivity index (χ2v) is 5.64. The topological polar surface area (TPSA) is 12.5 Å². The zero-order chi connectivity index (χ0) is 12.1. The molecule has 1 fully saturated rings. The van der Waals surface area contributed by atoms with Crippen molar-refractivity contribution in [2.45, 2.75) is 18.7 Å². The largest absolute Gasteiger partial charge is 0.379 e. The highest BCUT2D eigenvalue weighted by Crippen LogP contribution is 2.24. The first-order valence-electron chi connectivity index (χ1n) is 6.26. The van der Waals surface area contributed by atoms with Gasteiger partial charge in [0.25, 0.3) is 0 Å². The van der Waals surface area contributed by atoms with Crippen molar-refractivity contribution in [3.8, 4) is 0 Å². The number of ether oxygens (including phenoxy) is 1. The second kappa shape index (κ2) is 6.43. The summed E-state index contributed by atoms with van der Waals surface area (Å²) in [7, 11) is 0. The lowest BCUT2D eigenvalue weighted by molar-refractivity contribution is 0.0410. The third-order valence-electron chi connectivity index (χ3n) is 3.32. The number of hydrogen-bond donors (Lipinski definition) is 0. The van der Waals surface area contributed by atoms with Crippen LogP contribution in [0.15, 0.2) is 23.1 Å². The Kier molecular flexibility index (Phi) is 4.89. The van der Waals surface area contributed by atoms with E-state index >= 15 is 0 Å². The third-order valence-corrected chi connectivity index (χ3v) is 4.46. The maximum atomic E-state index is 5.35. The van der Waals surface area contributed by atoms with Crippen molar-refractivity contribution in [1.29, 1.82) is 0 Å². The summed E-state index contributed by atoms with van der Waals surface area (Å²) in [4.78, 5) is 3.92. The molecule has 0 bridgehead atoms. The summed E-state index contributed by atoms with van der Waals surface area (Å²) in [5, 5.41) is 0. The Morgan fingerprint density at radius 1 is 1.24 bits per heavy atom. The summed E-state index contributed by atoms with van der Waals surface area (Å²) in [6.45, 7) is 9.54. The maximum Gasteiger partial charge on any atom is 0.0594 e. The molecule has 2 nitrogen and oxygen atoms in total. The maximum absolute atomic E-state index is 5.35. The molecule has 0 radical (unpaired) electrons. The van der Waals surface area contributed by atoms with Crippen LogP contribution in [-0.4, -0.2) is 43.5 Å². The van der Waals surface area contributed by atoms with Gasteiger partial charge in [-0.05, 0) is 31.0 Å². The number of morpholine rings is 1. The highest BCUT2D eigenvalue weighted by molar-refractivity contribution is 7.99. The van der Waals surface area contributed by atoms with E-state index in [-0.39, 0.29) is 0 Å². The van der Waals surface area contributed by atoms with Crippen LogP contribution in [0.1, 0.15) is 11.1 Å². The van der Waals surface area contributed by atoms with Gasteiger partial charge in [0.05, 0.1) is 13.2 Å². The molecule has 1 aliphatic rings. The van der Waals surface area contributed by atoms with Gasteiger partial charge < -0.3 is 4.74 Å². The molecule has 0 unspecified atom stereocenters. The number of thioether (sulfide) groups is 1. The van der Waals surface area contributed by atoms with E-state index in [0.29, 0.717) is 0 Å². The molecule has 1 aliphatic heterocycles. The first-order chi connectivity index (χ1) is 8.27. The van der Waals surface area contributed by atoms with E-state index in [1.807, 2.05) is 11.8 Å². The molecule has 94 valence electrons. The Hall–Kier alpha value is -0.510. The molecule has 0 aliphatic carbocycles. The minimum absolute atomic E-state index is 0.897. The van der Waals surface area contributed by atoms with Gasteiger partial charge in [-0.2, -0.15) is 0 Å². The van der Waals surface area contributed by atoms with Crippen molar-refractivity contribution in [3.63, 3.8) is 0 Å². The molecule has 1 heterocycles. The van der Waals surface area contributed by atoms with Gasteiger partial charge in [0.15, 0.2) is 0 Å². The van der Waals surface area contributed by atoms with Crippen LogP contribution in [0.4, 0.5) is 0 Å². The van der Waals surface area contributed by atoms with Crippen molar-refractivity contribution in [3.05, 3.63) is 29.3 Å². The van der Waals surface area contributed by atoms with Crippen molar-refractivity contribution < 1.29 is 4.74 Å². The third kappa shape index (κ3) is 3.73. The van der Waals surface area contributed by atoms with Gasteiger partial charge >= 0.3 is 0 Å². The van der Waals surface area contributed by atoms with Gasteiger partial charge in [0, 0.05) is 30.3 Å². The van der Waals surface area contributed by atoms with E-state index in [2.05, 4.69) is 36.9 Å². The molecule has 17 heavy (non-hydrogen) atoms. The second-order valence-electron chi connectivity index (χ2n) is 4.50. The molecule has 0 amide bonds. The zero-order valence-corrected chi connectivity index (χ0v) is 11.6. The van der Waals surface area contributed by atoms with Gasteiger partial charge in [-0.1, -0.05) is 12.1 Å². The minimum atomic E-state index is 0.897. The van der Waals surface area contributed by atoms with Crippen LogP contribution in [0.2, 0.25) is 0 Å². The van der Waals surface area contributed by atoms with E-state index in [9.17, 15) is 0 Å². The molecule has 1 aromatic rings. The van der Waals surface area contributed by atoms with E-state index in [4.69, 9.17) is 4.74 Å².